The van der Waals surface area contributed by atoms with Gasteiger partial charge in [-0.1, -0.05) is 0 Å². The van der Waals surface area contributed by atoms with Crippen molar-refractivity contribution >= 4 is 27.3 Å². The summed E-state index contributed by atoms with van der Waals surface area (Å²) >= 11 is 5.16. The zero-order chi connectivity index (χ0) is 13.7. The summed E-state index contributed by atoms with van der Waals surface area (Å²) in [5.41, 5.74) is 1.13. The van der Waals surface area contributed by atoms with E-state index in [0.29, 0.717) is 6.04 Å². The zero-order valence-corrected chi connectivity index (χ0v) is 13.7. The van der Waals surface area contributed by atoms with Crippen molar-refractivity contribution in [2.45, 2.75) is 39.3 Å². The predicted molar refractivity (Wildman–Crippen MR) is 82.6 cm³/mol. The molecule has 6 heteroatoms. The lowest BCUT2D eigenvalue weighted by Crippen LogP contribution is -2.31. The van der Waals surface area contributed by atoms with Crippen molar-refractivity contribution in [1.82, 2.24) is 20.1 Å². The zero-order valence-electron chi connectivity index (χ0n) is 11.3. The lowest BCUT2D eigenvalue weighted by molar-refractivity contribution is 0.448. The van der Waals surface area contributed by atoms with E-state index < -0.39 is 0 Å². The van der Waals surface area contributed by atoms with E-state index in [4.69, 9.17) is 0 Å². The molecule has 104 valence electrons. The SMILES string of the molecule is Cc1csc(CCCN[C@@H](C)Cn2cc(Br)cn2)n1. The summed E-state index contributed by atoms with van der Waals surface area (Å²) in [6.45, 7) is 6.13. The third kappa shape index (κ3) is 5.04. The Kier molecular flexibility index (Phi) is 5.54. The molecule has 0 fully saturated rings. The average molecular weight is 343 g/mol. The number of thiazole rings is 1. The maximum atomic E-state index is 4.47. The Labute approximate surface area is 126 Å². The van der Waals surface area contributed by atoms with Crippen LogP contribution < -0.4 is 5.32 Å². The molecule has 2 rings (SSSR count). The second-order valence-electron chi connectivity index (χ2n) is 4.72. The number of hydrogen-bond acceptors (Lipinski definition) is 4. The first-order chi connectivity index (χ1) is 9.13. The maximum Gasteiger partial charge on any atom is 0.0928 e. The van der Waals surface area contributed by atoms with E-state index in [1.165, 1.54) is 5.01 Å². The highest BCUT2D eigenvalue weighted by Gasteiger charge is 2.04. The van der Waals surface area contributed by atoms with E-state index in [1.54, 1.807) is 11.3 Å². The molecule has 0 aliphatic carbocycles. The summed E-state index contributed by atoms with van der Waals surface area (Å²) in [6, 6.07) is 0.421. The van der Waals surface area contributed by atoms with Gasteiger partial charge in [-0.25, -0.2) is 4.98 Å². The predicted octanol–water partition coefficient (Wildman–Crippen LogP) is 3.02. The van der Waals surface area contributed by atoms with Gasteiger partial charge < -0.3 is 5.32 Å². The third-order valence-electron chi connectivity index (χ3n) is 2.79. The van der Waals surface area contributed by atoms with Crippen molar-refractivity contribution in [1.29, 1.82) is 0 Å². The fourth-order valence-corrected chi connectivity index (χ4v) is 3.04. The Morgan fingerprint density at radius 1 is 1.53 bits per heavy atom. The van der Waals surface area contributed by atoms with Gasteiger partial charge in [-0.2, -0.15) is 5.10 Å². The van der Waals surface area contributed by atoms with Crippen LogP contribution in [0.5, 0.6) is 0 Å². The first-order valence-corrected chi connectivity index (χ1v) is 8.13. The molecule has 0 aliphatic heterocycles. The van der Waals surface area contributed by atoms with E-state index in [9.17, 15) is 0 Å². The molecule has 0 saturated heterocycles. The topological polar surface area (TPSA) is 42.7 Å². The van der Waals surface area contributed by atoms with Crippen LogP contribution in [0.3, 0.4) is 0 Å². The molecule has 0 aromatic carbocycles. The largest absolute Gasteiger partial charge is 0.312 e. The second kappa shape index (κ2) is 7.17. The van der Waals surface area contributed by atoms with Crippen molar-refractivity contribution in [2.24, 2.45) is 0 Å². The minimum absolute atomic E-state index is 0.421. The maximum absolute atomic E-state index is 4.47. The molecule has 0 saturated carbocycles. The highest BCUT2D eigenvalue weighted by Crippen LogP contribution is 2.10. The molecule has 2 heterocycles. The van der Waals surface area contributed by atoms with Crippen LogP contribution in [-0.4, -0.2) is 27.4 Å². The summed E-state index contributed by atoms with van der Waals surface area (Å²) in [5, 5.41) is 11.1. The molecule has 0 radical (unpaired) electrons. The third-order valence-corrected chi connectivity index (χ3v) is 4.23. The van der Waals surface area contributed by atoms with Crippen molar-refractivity contribution < 1.29 is 0 Å². The lowest BCUT2D eigenvalue weighted by Gasteiger charge is -2.13. The molecule has 0 aliphatic rings. The van der Waals surface area contributed by atoms with E-state index in [1.807, 2.05) is 24.0 Å². The molecule has 0 spiro atoms. The molecule has 2 aromatic heterocycles. The molecule has 1 N–H and O–H groups in total. The van der Waals surface area contributed by atoms with Crippen molar-refractivity contribution in [2.75, 3.05) is 6.54 Å². The van der Waals surface area contributed by atoms with Crippen LogP contribution >= 0.6 is 27.3 Å². The summed E-state index contributed by atoms with van der Waals surface area (Å²) in [7, 11) is 0. The number of nitrogens with zero attached hydrogens (tertiary/aromatic N) is 3. The lowest BCUT2D eigenvalue weighted by atomic mass is 10.3. The number of aromatic nitrogens is 3. The van der Waals surface area contributed by atoms with Gasteiger partial charge in [0.25, 0.3) is 0 Å². The molecule has 0 bridgehead atoms. The number of aryl methyl sites for hydroxylation is 2. The second-order valence-corrected chi connectivity index (χ2v) is 6.58. The monoisotopic (exact) mass is 342 g/mol. The van der Waals surface area contributed by atoms with Crippen LogP contribution in [0.25, 0.3) is 0 Å². The standard InChI is InChI=1S/C13H19BrN4S/c1-10(7-18-8-12(14)6-16-18)15-5-3-4-13-17-11(2)9-19-13/h6,8-10,15H,3-5,7H2,1-2H3/t10-/m0/s1. The molecule has 4 nitrogen and oxygen atoms in total. The van der Waals surface area contributed by atoms with E-state index in [2.05, 4.69) is 43.6 Å². The van der Waals surface area contributed by atoms with Crippen molar-refractivity contribution in [3.05, 3.63) is 32.9 Å². The fraction of sp³-hybridized carbons (Fsp3) is 0.538. The van der Waals surface area contributed by atoms with E-state index in [-0.39, 0.29) is 0 Å². The Hall–Kier alpha value is -0.720. The van der Waals surface area contributed by atoms with Gasteiger partial charge in [0.15, 0.2) is 0 Å². The van der Waals surface area contributed by atoms with Gasteiger partial charge in [0.1, 0.15) is 0 Å². The Morgan fingerprint density at radius 2 is 2.37 bits per heavy atom. The van der Waals surface area contributed by atoms with Crippen LogP contribution in [0, 0.1) is 6.92 Å². The first-order valence-electron chi connectivity index (χ1n) is 6.46. The summed E-state index contributed by atoms with van der Waals surface area (Å²) in [4.78, 5) is 4.47. The summed E-state index contributed by atoms with van der Waals surface area (Å²) in [5.74, 6) is 0. The molecule has 0 unspecified atom stereocenters. The number of rotatable bonds is 7. The average Bonchev–Trinajstić information content (AvgIpc) is 2.94. The molecular formula is C13H19BrN4S. The van der Waals surface area contributed by atoms with Crippen molar-refractivity contribution in [3.63, 3.8) is 0 Å². The summed E-state index contributed by atoms with van der Waals surface area (Å²) < 4.78 is 2.98. The fourth-order valence-electron chi connectivity index (χ4n) is 1.89. The van der Waals surface area contributed by atoms with Crippen LogP contribution in [0.1, 0.15) is 24.0 Å². The highest BCUT2D eigenvalue weighted by atomic mass is 79.9. The van der Waals surface area contributed by atoms with Gasteiger partial charge in [-0.15, -0.1) is 11.3 Å². The smallest absolute Gasteiger partial charge is 0.0928 e. The van der Waals surface area contributed by atoms with Gasteiger partial charge >= 0.3 is 0 Å². The van der Waals surface area contributed by atoms with Crippen molar-refractivity contribution in [3.8, 4) is 0 Å². The molecule has 0 amide bonds. The molecule has 1 atom stereocenters. The van der Waals surface area contributed by atoms with Gasteiger partial charge in [0.05, 0.1) is 22.2 Å². The van der Waals surface area contributed by atoms with Gasteiger partial charge in [0, 0.05) is 29.7 Å². The number of nitrogens with one attached hydrogen (secondary N) is 1. The Bertz CT molecular complexity index is 508. The minimum atomic E-state index is 0.421. The van der Waals surface area contributed by atoms with Crippen LogP contribution in [0.2, 0.25) is 0 Å². The van der Waals surface area contributed by atoms with E-state index in [0.717, 1.165) is 36.1 Å². The van der Waals surface area contributed by atoms with Gasteiger partial charge in [-0.3, -0.25) is 4.68 Å². The normalized spacial score (nSPS) is 12.8. The van der Waals surface area contributed by atoms with Crippen LogP contribution in [0.15, 0.2) is 22.2 Å². The molecule has 19 heavy (non-hydrogen) atoms. The van der Waals surface area contributed by atoms with Crippen LogP contribution in [0.4, 0.5) is 0 Å². The highest BCUT2D eigenvalue weighted by molar-refractivity contribution is 9.10. The van der Waals surface area contributed by atoms with E-state index >= 15 is 0 Å². The quantitative estimate of drug-likeness (QED) is 0.786. The minimum Gasteiger partial charge on any atom is -0.312 e. The first kappa shape index (κ1) is 14.7. The summed E-state index contributed by atoms with van der Waals surface area (Å²) in [6.07, 6.45) is 6.00. The molecular weight excluding hydrogens is 324 g/mol. The Morgan fingerprint density at radius 3 is 3.00 bits per heavy atom. The van der Waals surface area contributed by atoms with Crippen LogP contribution in [-0.2, 0) is 13.0 Å². The number of hydrogen-bond donors (Lipinski definition) is 1. The van der Waals surface area contributed by atoms with Gasteiger partial charge in [0.2, 0.25) is 0 Å². The molecule has 2 aromatic rings. The number of halogens is 1. The van der Waals surface area contributed by atoms with Gasteiger partial charge in [-0.05, 0) is 42.7 Å². The Balaban J connectivity index is 1.62.